The van der Waals surface area contributed by atoms with Gasteiger partial charge in [0.25, 0.3) is 0 Å². The molecular formula is C11H12ClNO2. The van der Waals surface area contributed by atoms with E-state index in [2.05, 4.69) is 4.74 Å². The number of carbonyl (C=O) groups excluding carboxylic acids is 1. The van der Waals surface area contributed by atoms with E-state index in [9.17, 15) is 4.79 Å². The molecule has 0 aliphatic carbocycles. The van der Waals surface area contributed by atoms with E-state index in [-0.39, 0.29) is 0 Å². The second-order valence-corrected chi connectivity index (χ2v) is 3.50. The number of halogens is 1. The summed E-state index contributed by atoms with van der Waals surface area (Å²) in [6.07, 6.45) is 1.38. The number of hydrogen-bond acceptors (Lipinski definition) is 3. The van der Waals surface area contributed by atoms with Gasteiger partial charge in [-0.2, -0.15) is 0 Å². The first-order valence-electron chi connectivity index (χ1n) is 4.36. The van der Waals surface area contributed by atoms with Crippen LogP contribution in [0.2, 0.25) is 5.02 Å². The highest BCUT2D eigenvalue weighted by Gasteiger charge is 2.05. The molecule has 0 saturated carbocycles. The summed E-state index contributed by atoms with van der Waals surface area (Å²) in [4.78, 5) is 11.0. The second kappa shape index (κ2) is 4.84. The minimum absolute atomic E-state index is 0.411. The maximum absolute atomic E-state index is 11.0. The Morgan fingerprint density at radius 2 is 2.20 bits per heavy atom. The maximum atomic E-state index is 11.0. The normalized spacial score (nSPS) is 11.3. The number of rotatable bonds is 2. The molecule has 2 N–H and O–H groups in total. The quantitative estimate of drug-likeness (QED) is 0.478. The average molecular weight is 226 g/mol. The van der Waals surface area contributed by atoms with Crippen molar-refractivity contribution in [2.75, 3.05) is 12.8 Å². The lowest BCUT2D eigenvalue weighted by molar-refractivity contribution is -0.134. The Balaban J connectivity index is 3.10. The summed E-state index contributed by atoms with van der Waals surface area (Å²) in [5.74, 6) is -0.411. The van der Waals surface area contributed by atoms with Gasteiger partial charge in [-0.1, -0.05) is 11.6 Å². The molecule has 80 valence electrons. The van der Waals surface area contributed by atoms with Crippen molar-refractivity contribution in [3.63, 3.8) is 0 Å². The van der Waals surface area contributed by atoms with Gasteiger partial charge in [-0.05, 0) is 36.3 Å². The lowest BCUT2D eigenvalue weighted by Crippen LogP contribution is -1.96. The molecule has 0 heterocycles. The lowest BCUT2D eigenvalue weighted by atomic mass is 10.1. The molecule has 1 rings (SSSR count). The van der Waals surface area contributed by atoms with E-state index in [0.29, 0.717) is 10.7 Å². The van der Waals surface area contributed by atoms with Crippen molar-refractivity contribution in [1.82, 2.24) is 0 Å². The number of esters is 1. The molecular weight excluding hydrogens is 214 g/mol. The first kappa shape index (κ1) is 11.6. The van der Waals surface area contributed by atoms with Crippen molar-refractivity contribution in [2.24, 2.45) is 0 Å². The minimum atomic E-state index is -0.411. The summed E-state index contributed by atoms with van der Waals surface area (Å²) < 4.78 is 4.52. The van der Waals surface area contributed by atoms with Crippen LogP contribution in [0.3, 0.4) is 0 Å². The third kappa shape index (κ3) is 2.99. The third-order valence-corrected chi connectivity index (χ3v) is 2.28. The van der Waals surface area contributed by atoms with E-state index in [1.165, 1.54) is 13.2 Å². The Bertz CT molecular complexity index is 413. The SMILES string of the molecule is COC(=O)C=C(C)c1cc(N)ccc1Cl. The zero-order chi connectivity index (χ0) is 11.4. The molecule has 0 aliphatic heterocycles. The van der Waals surface area contributed by atoms with Gasteiger partial charge in [0, 0.05) is 16.8 Å². The number of nitrogen functional groups attached to an aromatic ring is 1. The predicted molar refractivity (Wildman–Crippen MR) is 61.5 cm³/mol. The standard InChI is InChI=1S/C11H12ClNO2/c1-7(5-11(14)15-2)9-6-8(13)3-4-10(9)12/h3-6H,13H2,1-2H3. The smallest absolute Gasteiger partial charge is 0.330 e. The van der Waals surface area contributed by atoms with Crippen LogP contribution in [-0.4, -0.2) is 13.1 Å². The summed E-state index contributed by atoms with van der Waals surface area (Å²) in [6.45, 7) is 1.78. The van der Waals surface area contributed by atoms with E-state index in [4.69, 9.17) is 17.3 Å². The van der Waals surface area contributed by atoms with Gasteiger partial charge in [0.2, 0.25) is 0 Å². The van der Waals surface area contributed by atoms with E-state index < -0.39 is 5.97 Å². The molecule has 0 spiro atoms. The summed E-state index contributed by atoms with van der Waals surface area (Å²) in [7, 11) is 1.33. The molecule has 0 aliphatic rings. The first-order valence-corrected chi connectivity index (χ1v) is 4.74. The van der Waals surface area contributed by atoms with E-state index in [1.54, 1.807) is 25.1 Å². The van der Waals surface area contributed by atoms with Crippen LogP contribution >= 0.6 is 11.6 Å². The fourth-order valence-corrected chi connectivity index (χ4v) is 1.43. The molecule has 0 unspecified atom stereocenters. The topological polar surface area (TPSA) is 52.3 Å². The van der Waals surface area contributed by atoms with Gasteiger partial charge in [-0.3, -0.25) is 0 Å². The van der Waals surface area contributed by atoms with E-state index in [0.717, 1.165) is 11.1 Å². The van der Waals surface area contributed by atoms with Crippen molar-refractivity contribution in [2.45, 2.75) is 6.92 Å². The second-order valence-electron chi connectivity index (χ2n) is 3.09. The van der Waals surface area contributed by atoms with Gasteiger partial charge in [0.1, 0.15) is 0 Å². The van der Waals surface area contributed by atoms with Gasteiger partial charge in [-0.25, -0.2) is 4.79 Å². The molecule has 0 amide bonds. The Morgan fingerprint density at radius 1 is 1.53 bits per heavy atom. The van der Waals surface area contributed by atoms with Crippen LogP contribution < -0.4 is 5.73 Å². The van der Waals surface area contributed by atoms with Gasteiger partial charge in [-0.15, -0.1) is 0 Å². The van der Waals surface area contributed by atoms with E-state index >= 15 is 0 Å². The summed E-state index contributed by atoms with van der Waals surface area (Å²) in [6, 6.07) is 5.12. The fraction of sp³-hybridized carbons (Fsp3) is 0.182. The van der Waals surface area contributed by atoms with Crippen molar-refractivity contribution >= 4 is 28.8 Å². The van der Waals surface area contributed by atoms with Crippen molar-refractivity contribution in [1.29, 1.82) is 0 Å². The van der Waals surface area contributed by atoms with Crippen molar-refractivity contribution < 1.29 is 9.53 Å². The number of nitrogens with two attached hydrogens (primary N) is 1. The molecule has 4 heteroatoms. The number of hydrogen-bond donors (Lipinski definition) is 1. The summed E-state index contributed by atoms with van der Waals surface area (Å²) >= 11 is 5.97. The van der Waals surface area contributed by atoms with Gasteiger partial charge in [0.05, 0.1) is 7.11 Å². The molecule has 0 saturated heterocycles. The molecule has 0 bridgehead atoms. The van der Waals surface area contributed by atoms with E-state index in [1.807, 2.05) is 0 Å². The summed E-state index contributed by atoms with van der Waals surface area (Å²) in [5, 5.41) is 0.557. The number of ether oxygens (including phenoxy) is 1. The highest BCUT2D eigenvalue weighted by atomic mass is 35.5. The highest BCUT2D eigenvalue weighted by molar-refractivity contribution is 6.32. The van der Waals surface area contributed by atoms with Crippen molar-refractivity contribution in [3.8, 4) is 0 Å². The average Bonchev–Trinajstić information content (AvgIpc) is 2.21. The fourth-order valence-electron chi connectivity index (χ4n) is 1.16. The Hall–Kier alpha value is -1.48. The number of allylic oxidation sites excluding steroid dienone is 1. The molecule has 0 aromatic heterocycles. The number of methoxy groups -OCH3 is 1. The lowest BCUT2D eigenvalue weighted by Gasteiger charge is -2.05. The maximum Gasteiger partial charge on any atom is 0.330 e. The third-order valence-electron chi connectivity index (χ3n) is 1.95. The predicted octanol–water partition coefficient (Wildman–Crippen LogP) is 2.50. The molecule has 15 heavy (non-hydrogen) atoms. The molecule has 0 radical (unpaired) electrons. The highest BCUT2D eigenvalue weighted by Crippen LogP contribution is 2.25. The Morgan fingerprint density at radius 3 is 2.80 bits per heavy atom. The minimum Gasteiger partial charge on any atom is -0.466 e. The van der Waals surface area contributed by atoms with Crippen LogP contribution in [0, 0.1) is 0 Å². The molecule has 1 aromatic rings. The van der Waals surface area contributed by atoms with Gasteiger partial charge < -0.3 is 10.5 Å². The Kier molecular flexibility index (Phi) is 3.74. The molecule has 0 atom stereocenters. The zero-order valence-electron chi connectivity index (χ0n) is 8.58. The molecule has 1 aromatic carbocycles. The largest absolute Gasteiger partial charge is 0.466 e. The van der Waals surface area contributed by atoms with Gasteiger partial charge in [0.15, 0.2) is 0 Å². The first-order chi connectivity index (χ1) is 7.04. The Labute approximate surface area is 93.5 Å². The summed E-state index contributed by atoms with van der Waals surface area (Å²) in [5.41, 5.74) is 7.69. The van der Waals surface area contributed by atoms with Gasteiger partial charge >= 0.3 is 5.97 Å². The zero-order valence-corrected chi connectivity index (χ0v) is 9.34. The van der Waals surface area contributed by atoms with Crippen LogP contribution in [0.4, 0.5) is 5.69 Å². The van der Waals surface area contributed by atoms with Crippen LogP contribution in [0.5, 0.6) is 0 Å². The van der Waals surface area contributed by atoms with Crippen molar-refractivity contribution in [3.05, 3.63) is 34.9 Å². The monoisotopic (exact) mass is 225 g/mol. The van der Waals surface area contributed by atoms with Crippen LogP contribution in [0.1, 0.15) is 12.5 Å². The van der Waals surface area contributed by atoms with Crippen LogP contribution in [0.15, 0.2) is 24.3 Å². The number of anilines is 1. The number of benzene rings is 1. The van der Waals surface area contributed by atoms with Crippen LogP contribution in [-0.2, 0) is 9.53 Å². The number of carbonyl (C=O) groups is 1. The molecule has 0 fully saturated rings. The molecule has 3 nitrogen and oxygen atoms in total. The van der Waals surface area contributed by atoms with Crippen LogP contribution in [0.25, 0.3) is 5.57 Å².